The third-order valence-corrected chi connectivity index (χ3v) is 6.47. The van der Waals surface area contributed by atoms with E-state index in [2.05, 4.69) is 25.3 Å². The maximum atomic E-state index is 13.4. The van der Waals surface area contributed by atoms with Gasteiger partial charge in [0, 0.05) is 24.6 Å². The highest BCUT2D eigenvalue weighted by Crippen LogP contribution is 2.32. The first-order valence-electron chi connectivity index (χ1n) is 10.1. The summed E-state index contributed by atoms with van der Waals surface area (Å²) in [5, 5.41) is 7.75. The average Bonchev–Trinajstić information content (AvgIpc) is 3.45. The summed E-state index contributed by atoms with van der Waals surface area (Å²) < 4.78 is 19.5. The first-order valence-corrected chi connectivity index (χ1v) is 10.9. The molecule has 0 saturated carbocycles. The largest absolute Gasteiger partial charge is 0.348 e. The molecule has 9 heteroatoms. The first-order chi connectivity index (χ1) is 15.2. The summed E-state index contributed by atoms with van der Waals surface area (Å²) in [6, 6.07) is 14.2. The lowest BCUT2D eigenvalue weighted by atomic mass is 9.96. The van der Waals surface area contributed by atoms with Crippen molar-refractivity contribution in [3.05, 3.63) is 60.2 Å². The molecule has 1 aliphatic heterocycles. The fraction of sp³-hybridized carbons (Fsp3) is 0.273. The molecule has 2 aromatic heterocycles. The van der Waals surface area contributed by atoms with Gasteiger partial charge in [-0.1, -0.05) is 46.8 Å². The number of fused-ring (bicyclic) bond motifs is 1. The second-order valence-electron chi connectivity index (χ2n) is 7.47. The van der Waals surface area contributed by atoms with Crippen LogP contribution in [-0.2, 0) is 11.3 Å². The van der Waals surface area contributed by atoms with Crippen LogP contribution in [0.1, 0.15) is 18.7 Å². The molecule has 158 valence electrons. The lowest BCUT2D eigenvalue weighted by Crippen LogP contribution is -2.40. The number of rotatable bonds is 5. The molecule has 5 rings (SSSR count). The molecule has 1 amide bonds. The maximum absolute atomic E-state index is 13.4. The number of nitrogens with one attached hydrogen (secondary N) is 1. The molecule has 3 heterocycles. The molecule has 0 bridgehead atoms. The van der Waals surface area contributed by atoms with E-state index < -0.39 is 0 Å². The van der Waals surface area contributed by atoms with Gasteiger partial charge in [-0.15, -0.1) is 0 Å². The number of amides is 1. The van der Waals surface area contributed by atoms with E-state index >= 15 is 0 Å². The van der Waals surface area contributed by atoms with E-state index in [-0.39, 0.29) is 24.2 Å². The lowest BCUT2D eigenvalue weighted by molar-refractivity contribution is -0.125. The SMILES string of the molecule is O=C(NCc1nc(-c2ccccc2)no1)C1CCN(c2nc3ccc(F)cc3s2)CC1. The third kappa shape index (κ3) is 4.27. The number of nitrogens with zero attached hydrogens (tertiary/aromatic N) is 4. The van der Waals surface area contributed by atoms with Crippen LogP contribution in [0.15, 0.2) is 53.1 Å². The maximum Gasteiger partial charge on any atom is 0.246 e. The average molecular weight is 438 g/mol. The molecule has 1 saturated heterocycles. The van der Waals surface area contributed by atoms with Gasteiger partial charge in [-0.05, 0) is 31.0 Å². The smallest absolute Gasteiger partial charge is 0.246 e. The first kappa shape index (κ1) is 19.6. The number of carbonyl (C=O) groups excluding carboxylic acids is 1. The van der Waals surface area contributed by atoms with Crippen LogP contribution in [0.2, 0.25) is 0 Å². The molecule has 0 aliphatic carbocycles. The van der Waals surface area contributed by atoms with Gasteiger partial charge in [0.05, 0.1) is 16.8 Å². The molecule has 0 radical (unpaired) electrons. The predicted molar refractivity (Wildman–Crippen MR) is 116 cm³/mol. The molecule has 0 spiro atoms. The van der Waals surface area contributed by atoms with Crippen molar-refractivity contribution in [2.75, 3.05) is 18.0 Å². The molecular weight excluding hydrogens is 417 g/mol. The van der Waals surface area contributed by atoms with Gasteiger partial charge in [0.15, 0.2) is 5.13 Å². The summed E-state index contributed by atoms with van der Waals surface area (Å²) in [4.78, 5) is 23.7. The number of thiazole rings is 1. The van der Waals surface area contributed by atoms with E-state index in [1.165, 1.54) is 23.5 Å². The van der Waals surface area contributed by atoms with E-state index in [1.54, 1.807) is 6.07 Å². The van der Waals surface area contributed by atoms with Crippen LogP contribution in [0.4, 0.5) is 9.52 Å². The summed E-state index contributed by atoms with van der Waals surface area (Å²) >= 11 is 1.48. The summed E-state index contributed by atoms with van der Waals surface area (Å²) in [7, 11) is 0. The topological polar surface area (TPSA) is 84.2 Å². The van der Waals surface area contributed by atoms with Crippen molar-refractivity contribution in [2.45, 2.75) is 19.4 Å². The van der Waals surface area contributed by atoms with Gasteiger partial charge in [0.25, 0.3) is 0 Å². The Morgan fingerprint density at radius 2 is 1.97 bits per heavy atom. The van der Waals surface area contributed by atoms with Gasteiger partial charge < -0.3 is 14.7 Å². The van der Waals surface area contributed by atoms with Crippen LogP contribution in [-0.4, -0.2) is 34.1 Å². The summed E-state index contributed by atoms with van der Waals surface area (Å²) in [5.41, 5.74) is 1.67. The summed E-state index contributed by atoms with van der Waals surface area (Å²) in [6.07, 6.45) is 1.46. The number of piperidine rings is 1. The van der Waals surface area contributed by atoms with Crippen molar-refractivity contribution in [3.8, 4) is 11.4 Å². The van der Waals surface area contributed by atoms with Gasteiger partial charge in [-0.25, -0.2) is 9.37 Å². The number of hydrogen-bond donors (Lipinski definition) is 1. The quantitative estimate of drug-likeness (QED) is 0.508. The molecule has 31 heavy (non-hydrogen) atoms. The van der Waals surface area contributed by atoms with Crippen LogP contribution in [0.3, 0.4) is 0 Å². The zero-order chi connectivity index (χ0) is 21.2. The van der Waals surface area contributed by atoms with Crippen LogP contribution >= 0.6 is 11.3 Å². The monoisotopic (exact) mass is 437 g/mol. The van der Waals surface area contributed by atoms with Gasteiger partial charge in [0.2, 0.25) is 17.6 Å². The fourth-order valence-electron chi connectivity index (χ4n) is 3.69. The minimum absolute atomic E-state index is 0.00881. The zero-order valence-electron chi connectivity index (χ0n) is 16.6. The minimum Gasteiger partial charge on any atom is -0.348 e. The highest BCUT2D eigenvalue weighted by molar-refractivity contribution is 7.22. The van der Waals surface area contributed by atoms with Gasteiger partial charge in [0.1, 0.15) is 5.82 Å². The fourth-order valence-corrected chi connectivity index (χ4v) is 4.73. The zero-order valence-corrected chi connectivity index (χ0v) is 17.4. The van der Waals surface area contributed by atoms with E-state index in [9.17, 15) is 9.18 Å². The van der Waals surface area contributed by atoms with Crippen LogP contribution < -0.4 is 10.2 Å². The van der Waals surface area contributed by atoms with Gasteiger partial charge in [-0.3, -0.25) is 4.79 Å². The summed E-state index contributed by atoms with van der Waals surface area (Å²) in [5.74, 6) is 0.556. The molecule has 4 aromatic rings. The van der Waals surface area contributed by atoms with Crippen molar-refractivity contribution < 1.29 is 13.7 Å². The second kappa shape index (κ2) is 8.43. The molecule has 1 fully saturated rings. The number of aromatic nitrogens is 3. The predicted octanol–water partition coefficient (Wildman–Crippen LogP) is 4.02. The molecule has 1 N–H and O–H groups in total. The van der Waals surface area contributed by atoms with Crippen molar-refractivity contribution in [3.63, 3.8) is 0 Å². The Labute approximate surface area is 181 Å². The van der Waals surface area contributed by atoms with Crippen molar-refractivity contribution in [2.24, 2.45) is 5.92 Å². The van der Waals surface area contributed by atoms with E-state index in [0.29, 0.717) is 11.7 Å². The normalized spacial score (nSPS) is 14.8. The molecular formula is C22H20FN5O2S. The third-order valence-electron chi connectivity index (χ3n) is 5.39. The van der Waals surface area contributed by atoms with Crippen LogP contribution in [0, 0.1) is 11.7 Å². The van der Waals surface area contributed by atoms with Crippen molar-refractivity contribution in [1.82, 2.24) is 20.4 Å². The van der Waals surface area contributed by atoms with Gasteiger partial charge >= 0.3 is 0 Å². The Morgan fingerprint density at radius 1 is 1.16 bits per heavy atom. The van der Waals surface area contributed by atoms with Crippen molar-refractivity contribution >= 4 is 32.6 Å². The Balaban J connectivity index is 1.14. The Hall–Kier alpha value is -3.33. The number of benzene rings is 2. The van der Waals surface area contributed by atoms with Crippen LogP contribution in [0.25, 0.3) is 21.6 Å². The molecule has 0 unspecified atom stereocenters. The van der Waals surface area contributed by atoms with Gasteiger partial charge in [-0.2, -0.15) is 4.98 Å². The van der Waals surface area contributed by atoms with E-state index in [1.807, 2.05) is 30.3 Å². The number of carbonyl (C=O) groups is 1. The second-order valence-corrected chi connectivity index (χ2v) is 8.47. The Bertz CT molecular complexity index is 1200. The van der Waals surface area contributed by atoms with E-state index in [0.717, 1.165) is 46.8 Å². The van der Waals surface area contributed by atoms with Crippen LogP contribution in [0.5, 0.6) is 0 Å². The molecule has 7 nitrogen and oxygen atoms in total. The molecule has 2 aromatic carbocycles. The Kier molecular flexibility index (Phi) is 5.33. The number of hydrogen-bond acceptors (Lipinski definition) is 7. The minimum atomic E-state index is -0.254. The number of anilines is 1. The Morgan fingerprint density at radius 3 is 2.77 bits per heavy atom. The standard InChI is InChI=1S/C22H20FN5O2S/c23-16-6-7-17-18(12-16)31-22(25-17)28-10-8-15(9-11-28)21(29)24-13-19-26-20(27-30-19)14-4-2-1-3-5-14/h1-7,12,15H,8-11,13H2,(H,24,29). The molecule has 1 aliphatic rings. The molecule has 0 atom stereocenters. The van der Waals surface area contributed by atoms with E-state index in [4.69, 9.17) is 4.52 Å². The highest BCUT2D eigenvalue weighted by Gasteiger charge is 2.26. The lowest BCUT2D eigenvalue weighted by Gasteiger charge is -2.30. The number of halogens is 1. The summed E-state index contributed by atoms with van der Waals surface area (Å²) in [6.45, 7) is 1.68. The van der Waals surface area contributed by atoms with Crippen molar-refractivity contribution in [1.29, 1.82) is 0 Å². The highest BCUT2D eigenvalue weighted by atomic mass is 32.1.